The summed E-state index contributed by atoms with van der Waals surface area (Å²) < 4.78 is 15.3. The van der Waals surface area contributed by atoms with Gasteiger partial charge in [-0.15, -0.1) is 12.4 Å². The Morgan fingerprint density at radius 3 is 2.74 bits per heavy atom. The van der Waals surface area contributed by atoms with Crippen LogP contribution in [-0.2, 0) is 7.05 Å². The van der Waals surface area contributed by atoms with E-state index < -0.39 is 4.92 Å². The zero-order valence-electron chi connectivity index (χ0n) is 12.0. The molecule has 0 aromatic heterocycles. The van der Waals surface area contributed by atoms with Gasteiger partial charge in [-0.05, 0) is 24.3 Å². The first kappa shape index (κ1) is 15.2. The Morgan fingerprint density at radius 2 is 2.00 bits per heavy atom. The van der Waals surface area contributed by atoms with E-state index >= 15 is 0 Å². The second kappa shape index (κ2) is 5.17. The lowest BCUT2D eigenvalue weighted by atomic mass is 10.1. The van der Waals surface area contributed by atoms with Gasteiger partial charge >= 0.3 is 0 Å². The molecule has 4 rings (SSSR count). The summed E-state index contributed by atoms with van der Waals surface area (Å²) >= 11 is 0. The molecule has 0 radical (unpaired) electrons. The van der Waals surface area contributed by atoms with E-state index in [2.05, 4.69) is 4.98 Å². The molecule has 116 valence electrons. The second-order valence-corrected chi connectivity index (χ2v) is 5.18. The highest BCUT2D eigenvalue weighted by atomic mass is 35.5. The Bertz CT molecular complexity index is 1040. The maximum absolute atomic E-state index is 13.4. The lowest BCUT2D eigenvalue weighted by molar-refractivity contribution is -0.383. The van der Waals surface area contributed by atoms with Gasteiger partial charge in [0.1, 0.15) is 5.82 Å². The number of non-ortho nitro benzene ring substituents is 1. The maximum Gasteiger partial charge on any atom is 0.295 e. The number of hydrogen-bond donors (Lipinski definition) is 0. The lowest BCUT2D eigenvalue weighted by Gasteiger charge is -2.12. The molecule has 5 nitrogen and oxygen atoms in total. The highest BCUT2D eigenvalue weighted by Gasteiger charge is 2.22. The van der Waals surface area contributed by atoms with Crippen LogP contribution < -0.4 is 0 Å². The van der Waals surface area contributed by atoms with Crippen LogP contribution in [0.3, 0.4) is 0 Å². The standard InChI is InChI=1S/C16H10FN3O2.ClH/c1-19-13-6-5-10(17)7-9(13)8-12-16(19)11-3-2-4-14(20(21)22)15(11)18-12;/h2-8H,1H3;1H. The summed E-state index contributed by atoms with van der Waals surface area (Å²) in [6.45, 7) is 0. The largest absolute Gasteiger partial charge is 0.342 e. The summed E-state index contributed by atoms with van der Waals surface area (Å²) in [5, 5.41) is 12.6. The van der Waals surface area contributed by atoms with Gasteiger partial charge in [-0.1, -0.05) is 12.1 Å². The van der Waals surface area contributed by atoms with Gasteiger partial charge in [0.05, 0.1) is 16.3 Å². The molecule has 0 saturated heterocycles. The fraction of sp³-hybridized carbons (Fsp3) is 0.0625. The Hall–Kier alpha value is -2.73. The monoisotopic (exact) mass is 331 g/mol. The van der Waals surface area contributed by atoms with Gasteiger partial charge in [0, 0.05) is 29.4 Å². The van der Waals surface area contributed by atoms with Crippen LogP contribution >= 0.6 is 12.4 Å². The van der Waals surface area contributed by atoms with Gasteiger partial charge in [0.2, 0.25) is 0 Å². The van der Waals surface area contributed by atoms with Crippen molar-refractivity contribution >= 4 is 39.9 Å². The lowest BCUT2D eigenvalue weighted by Crippen LogP contribution is -1.99. The Kier molecular flexibility index (Phi) is 3.41. The van der Waals surface area contributed by atoms with Gasteiger partial charge in [-0.25, -0.2) is 9.37 Å². The van der Waals surface area contributed by atoms with E-state index in [1.807, 2.05) is 17.7 Å². The highest BCUT2D eigenvalue weighted by Crippen LogP contribution is 2.37. The molecule has 2 aromatic rings. The van der Waals surface area contributed by atoms with Crippen LogP contribution in [-0.4, -0.2) is 14.5 Å². The van der Waals surface area contributed by atoms with E-state index in [9.17, 15) is 14.5 Å². The zero-order chi connectivity index (χ0) is 15.4. The molecule has 23 heavy (non-hydrogen) atoms. The minimum Gasteiger partial charge on any atom is -0.342 e. The third-order valence-electron chi connectivity index (χ3n) is 3.92. The molecular formula is C16H11ClFN3O2. The molecule has 0 atom stereocenters. The van der Waals surface area contributed by atoms with Gasteiger partial charge in [0.25, 0.3) is 5.69 Å². The van der Waals surface area contributed by atoms with Crippen molar-refractivity contribution in [2.24, 2.45) is 7.05 Å². The van der Waals surface area contributed by atoms with Crippen molar-refractivity contribution in [2.75, 3.05) is 0 Å². The fourth-order valence-corrected chi connectivity index (χ4v) is 2.97. The molecule has 2 aromatic carbocycles. The number of nitrogens with zero attached hydrogens (tertiary/aromatic N) is 3. The number of nitro benzene ring substituents is 1. The summed E-state index contributed by atoms with van der Waals surface area (Å²) in [5.74, 6) is -0.325. The van der Waals surface area contributed by atoms with Crippen LogP contribution in [0.1, 0.15) is 0 Å². The number of halogens is 2. The molecule has 0 unspecified atom stereocenters. The van der Waals surface area contributed by atoms with Crippen molar-refractivity contribution in [2.45, 2.75) is 0 Å². The number of nitro groups is 1. The molecule has 0 fully saturated rings. The predicted molar refractivity (Wildman–Crippen MR) is 88.7 cm³/mol. The SMILES string of the molecule is Cl.Cn1c2c3cccc([N+](=O)[O-])c3nc-2cc2cc(F)ccc21. The normalized spacial score (nSPS) is 11.0. The van der Waals surface area contributed by atoms with Crippen molar-refractivity contribution in [3.8, 4) is 11.4 Å². The van der Waals surface area contributed by atoms with Crippen LogP contribution in [0.2, 0.25) is 0 Å². The quantitative estimate of drug-likeness (QED) is 0.386. The summed E-state index contributed by atoms with van der Waals surface area (Å²) in [6.07, 6.45) is 0. The van der Waals surface area contributed by atoms with Crippen LogP contribution in [0.4, 0.5) is 10.1 Å². The second-order valence-electron chi connectivity index (χ2n) is 5.18. The molecule has 2 aliphatic rings. The Labute approximate surface area is 136 Å². The molecule has 7 heteroatoms. The molecule has 0 N–H and O–H groups in total. The third-order valence-corrected chi connectivity index (χ3v) is 3.92. The van der Waals surface area contributed by atoms with Gasteiger partial charge < -0.3 is 4.57 Å². The number of para-hydroxylation sites is 1. The molecule has 2 heterocycles. The van der Waals surface area contributed by atoms with Crippen molar-refractivity contribution in [3.05, 3.63) is 58.4 Å². The van der Waals surface area contributed by atoms with Crippen LogP contribution in [0.5, 0.6) is 0 Å². The van der Waals surface area contributed by atoms with Gasteiger partial charge in [-0.3, -0.25) is 10.1 Å². The first-order valence-corrected chi connectivity index (χ1v) is 6.68. The zero-order valence-corrected chi connectivity index (χ0v) is 12.8. The topological polar surface area (TPSA) is 61.0 Å². The number of pyridine rings is 1. The van der Waals surface area contributed by atoms with Crippen molar-refractivity contribution in [1.82, 2.24) is 9.55 Å². The minimum atomic E-state index is -0.437. The highest BCUT2D eigenvalue weighted by molar-refractivity contribution is 6.03. The van der Waals surface area contributed by atoms with Crippen LogP contribution in [0.15, 0.2) is 42.5 Å². The average Bonchev–Trinajstić information content (AvgIpc) is 2.84. The molecule has 0 bridgehead atoms. The summed E-state index contributed by atoms with van der Waals surface area (Å²) in [7, 11) is 1.85. The molecule has 0 amide bonds. The minimum absolute atomic E-state index is 0. The van der Waals surface area contributed by atoms with Crippen LogP contribution in [0, 0.1) is 15.9 Å². The van der Waals surface area contributed by atoms with Crippen molar-refractivity contribution in [3.63, 3.8) is 0 Å². The van der Waals surface area contributed by atoms with Gasteiger partial charge in [-0.2, -0.15) is 0 Å². The first-order chi connectivity index (χ1) is 10.6. The van der Waals surface area contributed by atoms with E-state index in [1.165, 1.54) is 18.2 Å². The Morgan fingerprint density at radius 1 is 1.22 bits per heavy atom. The molecule has 0 spiro atoms. The van der Waals surface area contributed by atoms with E-state index in [-0.39, 0.29) is 23.9 Å². The van der Waals surface area contributed by atoms with E-state index in [4.69, 9.17) is 0 Å². The van der Waals surface area contributed by atoms with Crippen molar-refractivity contribution in [1.29, 1.82) is 0 Å². The molecular weight excluding hydrogens is 321 g/mol. The predicted octanol–water partition coefficient (Wildman–Crippen LogP) is 4.30. The summed E-state index contributed by atoms with van der Waals surface area (Å²) in [6, 6.07) is 11.2. The number of fused-ring (bicyclic) bond motifs is 4. The molecule has 0 saturated carbocycles. The number of rotatable bonds is 1. The Balaban J connectivity index is 0.00000156. The summed E-state index contributed by atoms with van der Waals surface area (Å²) in [4.78, 5) is 15.1. The average molecular weight is 332 g/mol. The van der Waals surface area contributed by atoms with E-state index in [1.54, 1.807) is 18.2 Å². The molecule has 2 aliphatic heterocycles. The fourth-order valence-electron chi connectivity index (χ4n) is 2.97. The third kappa shape index (κ3) is 2.10. The number of benzene rings is 2. The van der Waals surface area contributed by atoms with Crippen LogP contribution in [0.25, 0.3) is 33.2 Å². The number of aryl methyl sites for hydroxylation is 1. The molecule has 0 aliphatic carbocycles. The first-order valence-electron chi connectivity index (χ1n) is 6.68. The van der Waals surface area contributed by atoms with E-state index in [0.29, 0.717) is 16.6 Å². The maximum atomic E-state index is 13.4. The van der Waals surface area contributed by atoms with E-state index in [0.717, 1.165) is 16.6 Å². The number of hydrogen-bond acceptors (Lipinski definition) is 3. The smallest absolute Gasteiger partial charge is 0.295 e. The number of aromatic nitrogens is 2. The van der Waals surface area contributed by atoms with Crippen molar-refractivity contribution < 1.29 is 9.31 Å². The van der Waals surface area contributed by atoms with Gasteiger partial charge in [0.15, 0.2) is 5.52 Å². The summed E-state index contributed by atoms with van der Waals surface area (Å²) in [5.41, 5.74) is 2.59.